The van der Waals surface area contributed by atoms with Gasteiger partial charge in [0.05, 0.1) is 11.4 Å². The van der Waals surface area contributed by atoms with Crippen molar-refractivity contribution in [1.29, 1.82) is 0 Å². The lowest BCUT2D eigenvalue weighted by Crippen LogP contribution is -2.26. The molecule has 1 aromatic rings. The molecule has 0 saturated carbocycles. The van der Waals surface area contributed by atoms with Crippen molar-refractivity contribution in [2.24, 2.45) is 0 Å². The molecule has 2 N–H and O–H groups in total. The molecule has 6 nitrogen and oxygen atoms in total. The molecule has 0 atom stereocenters. The van der Waals surface area contributed by atoms with Crippen molar-refractivity contribution in [1.82, 2.24) is 9.62 Å². The summed E-state index contributed by atoms with van der Waals surface area (Å²) in [7, 11) is 1.10. The number of nitrogens with one attached hydrogen (secondary N) is 2. The van der Waals surface area contributed by atoms with Gasteiger partial charge in [0.25, 0.3) is 0 Å². The number of rotatable bonds is 5. The number of benzene rings is 1. The molecule has 0 heterocycles. The maximum Gasteiger partial charge on any atom is 0.242 e. The SMILES string of the molecule is CNCC(=O)Nc1cc(S(=O)(=O)N(C)C)ccc1C. The standard InChI is InChI=1S/C12H19N3O3S/c1-9-5-6-10(19(17,18)15(3)4)7-11(9)14-12(16)8-13-2/h5-7,13H,8H2,1-4H3,(H,14,16). The average Bonchev–Trinajstić information content (AvgIpc) is 2.31. The Morgan fingerprint density at radius 1 is 1.32 bits per heavy atom. The summed E-state index contributed by atoms with van der Waals surface area (Å²) < 4.78 is 25.2. The Labute approximate surface area is 113 Å². The molecule has 0 bridgehead atoms. The van der Waals surface area contributed by atoms with Crippen LogP contribution in [0.25, 0.3) is 0 Å². The first-order valence-electron chi connectivity index (χ1n) is 5.76. The third-order valence-electron chi connectivity index (χ3n) is 2.60. The van der Waals surface area contributed by atoms with Gasteiger partial charge in [-0.05, 0) is 31.7 Å². The van der Waals surface area contributed by atoms with Crippen molar-refractivity contribution in [3.63, 3.8) is 0 Å². The Balaban J connectivity index is 3.11. The van der Waals surface area contributed by atoms with Crippen LogP contribution in [-0.4, -0.2) is 46.3 Å². The molecule has 0 aliphatic rings. The minimum Gasteiger partial charge on any atom is -0.325 e. The Morgan fingerprint density at radius 3 is 2.47 bits per heavy atom. The molecule has 0 aromatic heterocycles. The number of aryl methyl sites for hydroxylation is 1. The van der Waals surface area contributed by atoms with E-state index in [1.165, 1.54) is 26.2 Å². The zero-order valence-corrected chi connectivity index (χ0v) is 12.3. The van der Waals surface area contributed by atoms with Gasteiger partial charge in [-0.3, -0.25) is 4.79 Å². The van der Waals surface area contributed by atoms with E-state index in [1.54, 1.807) is 20.0 Å². The molecule has 1 rings (SSSR count). The minimum absolute atomic E-state index is 0.155. The maximum atomic E-state index is 12.0. The highest BCUT2D eigenvalue weighted by Gasteiger charge is 2.18. The van der Waals surface area contributed by atoms with Gasteiger partial charge in [-0.15, -0.1) is 0 Å². The van der Waals surface area contributed by atoms with Crippen LogP contribution in [-0.2, 0) is 14.8 Å². The van der Waals surface area contributed by atoms with Crippen LogP contribution in [0.15, 0.2) is 23.1 Å². The van der Waals surface area contributed by atoms with Crippen LogP contribution in [0, 0.1) is 6.92 Å². The van der Waals surface area contributed by atoms with Gasteiger partial charge in [0.1, 0.15) is 0 Å². The van der Waals surface area contributed by atoms with Gasteiger partial charge in [-0.2, -0.15) is 0 Å². The van der Waals surface area contributed by atoms with Crippen LogP contribution in [0.4, 0.5) is 5.69 Å². The summed E-state index contributed by atoms with van der Waals surface area (Å²) in [5, 5.41) is 5.41. The van der Waals surface area contributed by atoms with Gasteiger partial charge in [0.2, 0.25) is 15.9 Å². The number of amides is 1. The predicted octanol–water partition coefficient (Wildman–Crippen LogP) is 0.403. The van der Waals surface area contributed by atoms with Crippen molar-refractivity contribution in [3.05, 3.63) is 23.8 Å². The summed E-state index contributed by atoms with van der Waals surface area (Å²) in [6.45, 7) is 1.98. The molecule has 7 heteroatoms. The molecule has 0 aliphatic heterocycles. The molecule has 0 unspecified atom stereocenters. The molecular weight excluding hydrogens is 266 g/mol. The number of carbonyl (C=O) groups excluding carboxylic acids is 1. The summed E-state index contributed by atoms with van der Waals surface area (Å²) in [5.41, 5.74) is 1.31. The van der Waals surface area contributed by atoms with E-state index in [9.17, 15) is 13.2 Å². The number of anilines is 1. The van der Waals surface area contributed by atoms with Crippen LogP contribution in [0.5, 0.6) is 0 Å². The number of hydrogen-bond donors (Lipinski definition) is 2. The molecule has 0 radical (unpaired) electrons. The van der Waals surface area contributed by atoms with E-state index >= 15 is 0 Å². The van der Waals surface area contributed by atoms with E-state index in [1.807, 2.05) is 0 Å². The molecule has 1 amide bonds. The van der Waals surface area contributed by atoms with Crippen molar-refractivity contribution in [2.45, 2.75) is 11.8 Å². The number of hydrogen-bond acceptors (Lipinski definition) is 4. The second kappa shape index (κ2) is 6.14. The van der Waals surface area contributed by atoms with Crippen LogP contribution in [0.1, 0.15) is 5.56 Å². The fourth-order valence-corrected chi connectivity index (χ4v) is 2.39. The van der Waals surface area contributed by atoms with Gasteiger partial charge >= 0.3 is 0 Å². The first kappa shape index (κ1) is 15.6. The van der Waals surface area contributed by atoms with Gasteiger partial charge < -0.3 is 10.6 Å². The van der Waals surface area contributed by atoms with Crippen molar-refractivity contribution >= 4 is 21.6 Å². The summed E-state index contributed by atoms with van der Waals surface area (Å²) in [6.07, 6.45) is 0. The monoisotopic (exact) mass is 285 g/mol. The fraction of sp³-hybridized carbons (Fsp3) is 0.417. The van der Waals surface area contributed by atoms with Gasteiger partial charge in [-0.25, -0.2) is 12.7 Å². The summed E-state index contributed by atoms with van der Waals surface area (Å²) in [5.74, 6) is -0.218. The van der Waals surface area contributed by atoms with Crippen LogP contribution >= 0.6 is 0 Å². The molecule has 106 valence electrons. The van der Waals surface area contributed by atoms with Crippen LogP contribution in [0.3, 0.4) is 0 Å². The van der Waals surface area contributed by atoms with E-state index < -0.39 is 10.0 Å². The first-order valence-corrected chi connectivity index (χ1v) is 7.20. The van der Waals surface area contributed by atoms with E-state index in [2.05, 4.69) is 10.6 Å². The molecule has 19 heavy (non-hydrogen) atoms. The second-order valence-electron chi connectivity index (χ2n) is 4.34. The van der Waals surface area contributed by atoms with Gasteiger partial charge in [0, 0.05) is 19.8 Å². The van der Waals surface area contributed by atoms with E-state index in [-0.39, 0.29) is 17.3 Å². The van der Waals surface area contributed by atoms with Gasteiger partial charge in [-0.1, -0.05) is 6.07 Å². The molecule has 0 fully saturated rings. The Bertz CT molecular complexity index is 568. The molecule has 0 saturated heterocycles. The van der Waals surface area contributed by atoms with Crippen molar-refractivity contribution in [3.8, 4) is 0 Å². The fourth-order valence-electron chi connectivity index (χ4n) is 1.46. The maximum absolute atomic E-state index is 12.0. The Morgan fingerprint density at radius 2 is 1.95 bits per heavy atom. The normalized spacial score (nSPS) is 11.6. The molecule has 1 aromatic carbocycles. The Hall–Kier alpha value is -1.44. The van der Waals surface area contributed by atoms with E-state index in [4.69, 9.17) is 0 Å². The first-order chi connectivity index (χ1) is 8.78. The number of nitrogens with zero attached hydrogens (tertiary/aromatic N) is 1. The van der Waals surface area contributed by atoms with Gasteiger partial charge in [0.15, 0.2) is 0 Å². The zero-order valence-electron chi connectivity index (χ0n) is 11.5. The third kappa shape index (κ3) is 3.76. The largest absolute Gasteiger partial charge is 0.325 e. The highest BCUT2D eigenvalue weighted by atomic mass is 32.2. The molecular formula is C12H19N3O3S. The number of sulfonamides is 1. The summed E-state index contributed by atoms with van der Waals surface area (Å²) >= 11 is 0. The quantitative estimate of drug-likeness (QED) is 0.821. The highest BCUT2D eigenvalue weighted by Crippen LogP contribution is 2.21. The number of carbonyl (C=O) groups is 1. The lowest BCUT2D eigenvalue weighted by atomic mass is 10.2. The van der Waals surface area contributed by atoms with Crippen LogP contribution in [0.2, 0.25) is 0 Å². The van der Waals surface area contributed by atoms with Crippen molar-refractivity contribution in [2.75, 3.05) is 33.0 Å². The predicted molar refractivity (Wildman–Crippen MR) is 74.6 cm³/mol. The lowest BCUT2D eigenvalue weighted by Gasteiger charge is -2.14. The molecule has 0 spiro atoms. The highest BCUT2D eigenvalue weighted by molar-refractivity contribution is 7.89. The van der Waals surface area contributed by atoms with Crippen LogP contribution < -0.4 is 10.6 Å². The summed E-state index contributed by atoms with van der Waals surface area (Å²) in [6, 6.07) is 4.67. The average molecular weight is 285 g/mol. The van der Waals surface area contributed by atoms with E-state index in [0.717, 1.165) is 9.87 Å². The van der Waals surface area contributed by atoms with Crippen molar-refractivity contribution < 1.29 is 13.2 Å². The second-order valence-corrected chi connectivity index (χ2v) is 6.49. The van der Waals surface area contributed by atoms with E-state index in [0.29, 0.717) is 5.69 Å². The summed E-state index contributed by atoms with van der Waals surface area (Å²) in [4.78, 5) is 11.7. The molecule has 0 aliphatic carbocycles. The minimum atomic E-state index is -3.50. The lowest BCUT2D eigenvalue weighted by molar-refractivity contribution is -0.115. The third-order valence-corrected chi connectivity index (χ3v) is 4.41. The topological polar surface area (TPSA) is 78.5 Å². The zero-order chi connectivity index (χ0) is 14.6. The number of likely N-dealkylation sites (N-methyl/N-ethyl adjacent to an activating group) is 1. The Kier molecular flexibility index (Phi) is 5.04. The smallest absolute Gasteiger partial charge is 0.242 e.